The molecule has 4 heteroatoms. The van der Waals surface area contributed by atoms with Crippen LogP contribution in [0.2, 0.25) is 0 Å². The molecule has 0 saturated carbocycles. The Hall–Kier alpha value is -3.58. The van der Waals surface area contributed by atoms with Crippen molar-refractivity contribution < 1.29 is 4.79 Å². The molecule has 0 saturated heterocycles. The van der Waals surface area contributed by atoms with Gasteiger partial charge in [-0.05, 0) is 49.4 Å². The average Bonchev–Trinajstić information content (AvgIpc) is 3.10. The fourth-order valence-electron chi connectivity index (χ4n) is 2.47. The van der Waals surface area contributed by atoms with E-state index in [-0.39, 0.29) is 5.57 Å². The fourth-order valence-corrected chi connectivity index (χ4v) is 2.47. The van der Waals surface area contributed by atoms with E-state index in [0.717, 1.165) is 16.9 Å². The van der Waals surface area contributed by atoms with Crippen molar-refractivity contribution in [2.24, 2.45) is 0 Å². The van der Waals surface area contributed by atoms with Gasteiger partial charge in [-0.3, -0.25) is 4.79 Å². The molecule has 2 aromatic carbocycles. The molecule has 0 radical (unpaired) electrons. The van der Waals surface area contributed by atoms with Gasteiger partial charge in [-0.1, -0.05) is 35.9 Å². The summed E-state index contributed by atoms with van der Waals surface area (Å²) in [5.41, 5.74) is 3.55. The molecule has 0 atom stereocenters. The second-order valence-electron chi connectivity index (χ2n) is 5.63. The third-order valence-electron chi connectivity index (χ3n) is 3.78. The van der Waals surface area contributed by atoms with E-state index in [1.807, 2.05) is 90.5 Å². The number of rotatable bonds is 4. The lowest BCUT2D eigenvalue weighted by Gasteiger charge is -2.07. The second kappa shape index (κ2) is 7.33. The van der Waals surface area contributed by atoms with Crippen LogP contribution in [0.3, 0.4) is 0 Å². The predicted molar refractivity (Wildman–Crippen MR) is 99.2 cm³/mol. The van der Waals surface area contributed by atoms with Crippen LogP contribution in [0.4, 0.5) is 5.69 Å². The van der Waals surface area contributed by atoms with Gasteiger partial charge in [-0.25, -0.2) is 0 Å². The van der Waals surface area contributed by atoms with Crippen molar-refractivity contribution in [1.82, 2.24) is 4.57 Å². The van der Waals surface area contributed by atoms with Crippen LogP contribution < -0.4 is 5.32 Å². The molecule has 0 spiro atoms. The predicted octanol–water partition coefficient (Wildman–Crippen LogP) is 4.33. The van der Waals surface area contributed by atoms with Crippen LogP contribution in [0.25, 0.3) is 11.8 Å². The SMILES string of the molecule is Cc1ccc(NC(=O)C(C#N)=Cc2cccn2-c2ccccc2)cc1. The van der Waals surface area contributed by atoms with Gasteiger partial charge in [-0.15, -0.1) is 0 Å². The van der Waals surface area contributed by atoms with Crippen LogP contribution in [-0.2, 0) is 4.79 Å². The molecule has 25 heavy (non-hydrogen) atoms. The molecule has 1 heterocycles. The van der Waals surface area contributed by atoms with Crippen molar-refractivity contribution in [3.8, 4) is 11.8 Å². The minimum atomic E-state index is -0.424. The molecule has 0 aliphatic heterocycles. The van der Waals surface area contributed by atoms with E-state index in [1.165, 1.54) is 0 Å². The summed E-state index contributed by atoms with van der Waals surface area (Å²) >= 11 is 0. The van der Waals surface area contributed by atoms with E-state index in [0.29, 0.717) is 5.69 Å². The van der Waals surface area contributed by atoms with Gasteiger partial charge < -0.3 is 9.88 Å². The summed E-state index contributed by atoms with van der Waals surface area (Å²) in [4.78, 5) is 12.4. The number of hydrogen-bond donors (Lipinski definition) is 1. The molecule has 4 nitrogen and oxygen atoms in total. The second-order valence-corrected chi connectivity index (χ2v) is 5.63. The third-order valence-corrected chi connectivity index (χ3v) is 3.78. The van der Waals surface area contributed by atoms with Crippen LogP contribution in [0.15, 0.2) is 78.5 Å². The summed E-state index contributed by atoms with van der Waals surface area (Å²) in [5, 5.41) is 12.1. The summed E-state index contributed by atoms with van der Waals surface area (Å²) in [6, 6.07) is 22.9. The molecular weight excluding hydrogens is 310 g/mol. The van der Waals surface area contributed by atoms with Crippen LogP contribution >= 0.6 is 0 Å². The number of carbonyl (C=O) groups is 1. The van der Waals surface area contributed by atoms with Gasteiger partial charge in [0.15, 0.2) is 0 Å². The summed E-state index contributed by atoms with van der Waals surface area (Å²) in [6.07, 6.45) is 3.49. The summed E-state index contributed by atoms with van der Waals surface area (Å²) in [6.45, 7) is 1.98. The first-order chi connectivity index (χ1) is 12.2. The Bertz CT molecular complexity index is 945. The lowest BCUT2D eigenvalue weighted by Crippen LogP contribution is -2.13. The summed E-state index contributed by atoms with van der Waals surface area (Å²) in [5.74, 6) is -0.424. The van der Waals surface area contributed by atoms with Gasteiger partial charge in [-0.2, -0.15) is 5.26 Å². The molecule has 1 N–H and O–H groups in total. The zero-order valence-corrected chi connectivity index (χ0v) is 13.8. The van der Waals surface area contributed by atoms with Crippen molar-refractivity contribution in [3.05, 3.63) is 89.8 Å². The number of aryl methyl sites for hydroxylation is 1. The third kappa shape index (κ3) is 3.85. The smallest absolute Gasteiger partial charge is 0.266 e. The number of nitrogens with zero attached hydrogens (tertiary/aromatic N) is 2. The highest BCUT2D eigenvalue weighted by atomic mass is 16.1. The number of para-hydroxylation sites is 1. The monoisotopic (exact) mass is 327 g/mol. The molecule has 0 unspecified atom stereocenters. The normalized spacial score (nSPS) is 11.0. The fraction of sp³-hybridized carbons (Fsp3) is 0.0476. The highest BCUT2D eigenvalue weighted by Gasteiger charge is 2.11. The Morgan fingerprint density at radius 3 is 2.44 bits per heavy atom. The number of nitrogens with one attached hydrogen (secondary N) is 1. The van der Waals surface area contributed by atoms with Crippen LogP contribution in [0.5, 0.6) is 0 Å². The molecule has 0 aliphatic rings. The molecule has 1 aromatic heterocycles. The molecule has 1 amide bonds. The molecule has 0 aliphatic carbocycles. The van der Waals surface area contributed by atoms with Gasteiger partial charge in [0.1, 0.15) is 11.6 Å². The Kier molecular flexibility index (Phi) is 4.77. The summed E-state index contributed by atoms with van der Waals surface area (Å²) < 4.78 is 1.93. The number of nitriles is 1. The van der Waals surface area contributed by atoms with E-state index in [9.17, 15) is 10.1 Å². The van der Waals surface area contributed by atoms with Crippen molar-refractivity contribution in [2.75, 3.05) is 5.32 Å². The van der Waals surface area contributed by atoms with E-state index in [2.05, 4.69) is 5.32 Å². The standard InChI is InChI=1S/C21H17N3O/c1-16-9-11-18(12-10-16)23-21(25)17(15-22)14-20-8-5-13-24(20)19-6-3-2-4-7-19/h2-14H,1H3,(H,23,25). The first kappa shape index (κ1) is 16.3. The lowest BCUT2D eigenvalue weighted by atomic mass is 10.2. The van der Waals surface area contributed by atoms with Crippen LogP contribution in [0.1, 0.15) is 11.3 Å². The van der Waals surface area contributed by atoms with Crippen LogP contribution in [0, 0.1) is 18.3 Å². The Balaban J connectivity index is 1.86. The molecular formula is C21H17N3O. The highest BCUT2D eigenvalue weighted by molar-refractivity contribution is 6.09. The number of amides is 1. The highest BCUT2D eigenvalue weighted by Crippen LogP contribution is 2.16. The Morgan fingerprint density at radius 1 is 1.04 bits per heavy atom. The van der Waals surface area contributed by atoms with Gasteiger partial charge in [0.25, 0.3) is 5.91 Å². The van der Waals surface area contributed by atoms with Gasteiger partial charge in [0.05, 0.1) is 0 Å². The lowest BCUT2D eigenvalue weighted by molar-refractivity contribution is -0.112. The average molecular weight is 327 g/mol. The largest absolute Gasteiger partial charge is 0.321 e. The van der Waals surface area contributed by atoms with E-state index < -0.39 is 5.91 Å². The number of anilines is 1. The molecule has 3 rings (SSSR count). The first-order valence-electron chi connectivity index (χ1n) is 7.90. The van der Waals surface area contributed by atoms with E-state index in [1.54, 1.807) is 6.08 Å². The minimum absolute atomic E-state index is 0.0523. The van der Waals surface area contributed by atoms with Gasteiger partial charge in [0, 0.05) is 23.3 Å². The van der Waals surface area contributed by atoms with E-state index >= 15 is 0 Å². The Labute approximate surface area is 146 Å². The first-order valence-corrected chi connectivity index (χ1v) is 7.90. The Morgan fingerprint density at radius 2 is 1.76 bits per heavy atom. The van der Waals surface area contributed by atoms with Gasteiger partial charge >= 0.3 is 0 Å². The van der Waals surface area contributed by atoms with Crippen molar-refractivity contribution >= 4 is 17.7 Å². The van der Waals surface area contributed by atoms with Crippen LogP contribution in [-0.4, -0.2) is 10.5 Å². The van der Waals surface area contributed by atoms with Crippen molar-refractivity contribution in [2.45, 2.75) is 6.92 Å². The maximum Gasteiger partial charge on any atom is 0.266 e. The zero-order valence-electron chi connectivity index (χ0n) is 13.8. The van der Waals surface area contributed by atoms with Gasteiger partial charge in [0.2, 0.25) is 0 Å². The summed E-state index contributed by atoms with van der Waals surface area (Å²) in [7, 11) is 0. The maximum atomic E-state index is 12.4. The van der Waals surface area contributed by atoms with E-state index in [4.69, 9.17) is 0 Å². The van der Waals surface area contributed by atoms with Crippen molar-refractivity contribution in [1.29, 1.82) is 5.26 Å². The maximum absolute atomic E-state index is 12.4. The van der Waals surface area contributed by atoms with Crippen molar-refractivity contribution in [3.63, 3.8) is 0 Å². The zero-order chi connectivity index (χ0) is 17.6. The minimum Gasteiger partial charge on any atom is -0.321 e. The number of hydrogen-bond acceptors (Lipinski definition) is 2. The topological polar surface area (TPSA) is 57.8 Å². The number of benzene rings is 2. The quantitative estimate of drug-likeness (QED) is 0.573. The molecule has 0 bridgehead atoms. The number of carbonyl (C=O) groups excluding carboxylic acids is 1. The molecule has 122 valence electrons. The molecule has 3 aromatic rings. The number of aromatic nitrogens is 1. The molecule has 0 fully saturated rings.